The zero-order valence-electron chi connectivity index (χ0n) is 19.1. The molecule has 4 aromatic rings. The number of carbonyl (C=O) groups is 1. The number of thioether (sulfide) groups is 1. The Morgan fingerprint density at radius 1 is 0.757 bits per heavy atom. The molecule has 0 radical (unpaired) electrons. The van der Waals surface area contributed by atoms with Gasteiger partial charge in [0.25, 0.3) is 10.0 Å². The van der Waals surface area contributed by atoms with Gasteiger partial charge in [0, 0.05) is 10.6 Å². The lowest BCUT2D eigenvalue weighted by Gasteiger charge is -2.19. The third-order valence-corrected chi connectivity index (χ3v) is 7.91. The third-order valence-electron chi connectivity index (χ3n) is 5.24. The van der Waals surface area contributed by atoms with Crippen molar-refractivity contribution in [3.63, 3.8) is 0 Å². The van der Waals surface area contributed by atoms with E-state index < -0.39 is 32.9 Å². The summed E-state index contributed by atoms with van der Waals surface area (Å²) >= 11 is 1.14. The second-order valence-electron chi connectivity index (χ2n) is 7.88. The topological polar surface area (TPSA) is 75.3 Å². The van der Waals surface area contributed by atoms with Crippen LogP contribution in [-0.2, 0) is 21.0 Å². The van der Waals surface area contributed by atoms with Crippen LogP contribution < -0.4 is 10.0 Å². The molecule has 1 unspecified atom stereocenters. The van der Waals surface area contributed by atoms with Crippen LogP contribution in [-0.4, -0.2) is 14.3 Å². The lowest BCUT2D eigenvalue weighted by atomic mass is 10.1. The third kappa shape index (κ3) is 6.72. The Kier molecular flexibility index (Phi) is 7.89. The number of hydrogen-bond donors (Lipinski definition) is 2. The lowest BCUT2D eigenvalue weighted by molar-refractivity contribution is -0.137. The Hall–Kier alpha value is -3.76. The molecule has 0 aromatic heterocycles. The average Bonchev–Trinajstić information content (AvgIpc) is 2.89. The van der Waals surface area contributed by atoms with Crippen molar-refractivity contribution in [2.24, 2.45) is 0 Å². The second-order valence-corrected chi connectivity index (χ2v) is 10.7. The molecule has 0 heterocycles. The predicted octanol–water partition coefficient (Wildman–Crippen LogP) is 6.98. The van der Waals surface area contributed by atoms with Crippen molar-refractivity contribution in [3.8, 4) is 0 Å². The maximum Gasteiger partial charge on any atom is 0.418 e. The van der Waals surface area contributed by atoms with Gasteiger partial charge >= 0.3 is 6.18 Å². The van der Waals surface area contributed by atoms with E-state index in [4.69, 9.17) is 0 Å². The second kappa shape index (κ2) is 11.1. The van der Waals surface area contributed by atoms with Gasteiger partial charge < -0.3 is 5.32 Å². The lowest BCUT2D eigenvalue weighted by Crippen LogP contribution is -2.21. The Bertz CT molecular complexity index is 1460. The van der Waals surface area contributed by atoms with E-state index in [1.165, 1.54) is 30.3 Å². The van der Waals surface area contributed by atoms with E-state index in [0.717, 1.165) is 17.8 Å². The molecule has 37 heavy (non-hydrogen) atoms. The molecule has 0 fully saturated rings. The molecule has 0 aliphatic carbocycles. The van der Waals surface area contributed by atoms with Crippen molar-refractivity contribution in [2.75, 3.05) is 10.0 Å². The molecular weight excluding hydrogens is 521 g/mol. The van der Waals surface area contributed by atoms with Gasteiger partial charge in [-0.15, -0.1) is 11.8 Å². The van der Waals surface area contributed by atoms with Gasteiger partial charge in [0.2, 0.25) is 5.91 Å². The van der Waals surface area contributed by atoms with Gasteiger partial charge in [0.05, 0.1) is 16.1 Å². The normalized spacial score (nSPS) is 12.5. The Balaban J connectivity index is 1.55. The van der Waals surface area contributed by atoms with E-state index in [9.17, 15) is 26.4 Å². The Morgan fingerprint density at radius 2 is 1.32 bits per heavy atom. The van der Waals surface area contributed by atoms with Crippen LogP contribution in [0.2, 0.25) is 0 Å². The fraction of sp³-hybridized carbons (Fsp3) is 0.0741. The molecule has 1 atom stereocenters. The molecule has 2 N–H and O–H groups in total. The van der Waals surface area contributed by atoms with Gasteiger partial charge in [-0.3, -0.25) is 9.52 Å². The van der Waals surface area contributed by atoms with Gasteiger partial charge in [-0.2, -0.15) is 13.2 Å². The molecule has 1 amide bonds. The largest absolute Gasteiger partial charge is 0.418 e. The molecule has 0 saturated heterocycles. The maximum atomic E-state index is 13.4. The van der Waals surface area contributed by atoms with E-state index in [1.54, 1.807) is 72.8 Å². The smallest absolute Gasteiger partial charge is 0.324 e. The number of para-hydroxylation sites is 1. The predicted molar refractivity (Wildman–Crippen MR) is 139 cm³/mol. The number of alkyl halides is 3. The highest BCUT2D eigenvalue weighted by Gasteiger charge is 2.34. The molecule has 0 spiro atoms. The van der Waals surface area contributed by atoms with Crippen LogP contribution in [0.5, 0.6) is 0 Å². The van der Waals surface area contributed by atoms with Crippen LogP contribution in [0.4, 0.5) is 24.5 Å². The monoisotopic (exact) mass is 542 g/mol. The van der Waals surface area contributed by atoms with Crippen LogP contribution in [0.15, 0.2) is 119 Å². The number of rotatable bonds is 8. The molecule has 190 valence electrons. The summed E-state index contributed by atoms with van der Waals surface area (Å²) in [5.41, 5.74) is -0.334. The minimum absolute atomic E-state index is 0.119. The van der Waals surface area contributed by atoms with Gasteiger partial charge in [-0.05, 0) is 54.1 Å². The molecule has 5 nitrogen and oxygen atoms in total. The van der Waals surface area contributed by atoms with Crippen molar-refractivity contribution < 1.29 is 26.4 Å². The van der Waals surface area contributed by atoms with Crippen LogP contribution in [0, 0.1) is 0 Å². The molecule has 0 saturated carbocycles. The number of anilines is 2. The highest BCUT2D eigenvalue weighted by atomic mass is 32.2. The number of nitrogens with one attached hydrogen (secondary N) is 2. The van der Waals surface area contributed by atoms with E-state index in [1.807, 2.05) is 0 Å². The summed E-state index contributed by atoms with van der Waals surface area (Å²) in [6.07, 6.45) is -4.62. The Labute approximate surface area is 216 Å². The number of halogens is 3. The first kappa shape index (κ1) is 26.3. The summed E-state index contributed by atoms with van der Waals surface area (Å²) in [4.78, 5) is 14.0. The van der Waals surface area contributed by atoms with Crippen LogP contribution in [0.1, 0.15) is 16.4 Å². The van der Waals surface area contributed by atoms with E-state index in [2.05, 4.69) is 10.0 Å². The number of hydrogen-bond acceptors (Lipinski definition) is 4. The summed E-state index contributed by atoms with van der Waals surface area (Å²) in [5.74, 6) is -0.623. The fourth-order valence-electron chi connectivity index (χ4n) is 3.49. The van der Waals surface area contributed by atoms with Crippen molar-refractivity contribution in [3.05, 3.63) is 120 Å². The summed E-state index contributed by atoms with van der Waals surface area (Å²) in [6.45, 7) is 0. The fourth-order valence-corrected chi connectivity index (χ4v) is 5.59. The summed E-state index contributed by atoms with van der Waals surface area (Å²) in [6, 6.07) is 27.8. The minimum Gasteiger partial charge on any atom is -0.324 e. The summed E-state index contributed by atoms with van der Waals surface area (Å²) in [5, 5.41) is 1.56. The van der Waals surface area contributed by atoms with E-state index in [-0.39, 0.29) is 10.6 Å². The van der Waals surface area contributed by atoms with Gasteiger partial charge in [-0.1, -0.05) is 60.7 Å². The SMILES string of the molecule is O=C(Nc1ccccc1C(F)(F)F)C(Sc1ccc(NS(=O)(=O)c2ccccc2)cc1)c1ccccc1. The zero-order valence-corrected chi connectivity index (χ0v) is 20.8. The zero-order chi connectivity index (χ0) is 26.5. The minimum atomic E-state index is -4.62. The quantitative estimate of drug-likeness (QED) is 0.236. The van der Waals surface area contributed by atoms with E-state index >= 15 is 0 Å². The number of benzene rings is 4. The molecule has 0 bridgehead atoms. The maximum absolute atomic E-state index is 13.4. The van der Waals surface area contributed by atoms with Crippen LogP contribution >= 0.6 is 11.8 Å². The number of amides is 1. The summed E-state index contributed by atoms with van der Waals surface area (Å²) in [7, 11) is -3.77. The first-order valence-corrected chi connectivity index (χ1v) is 13.4. The van der Waals surface area contributed by atoms with Crippen LogP contribution in [0.25, 0.3) is 0 Å². The van der Waals surface area contributed by atoms with E-state index in [0.29, 0.717) is 16.1 Å². The van der Waals surface area contributed by atoms with Crippen molar-refractivity contribution in [2.45, 2.75) is 21.2 Å². The molecule has 0 aliphatic heterocycles. The molecule has 0 aliphatic rings. The Morgan fingerprint density at radius 3 is 1.95 bits per heavy atom. The molecule has 10 heteroatoms. The van der Waals surface area contributed by atoms with Crippen molar-refractivity contribution >= 4 is 39.1 Å². The standard InChI is InChI=1S/C27H21F3N2O3S2/c28-27(29,30)23-13-7-8-14-24(23)31-26(33)25(19-9-3-1-4-10-19)36-21-17-15-20(16-18-21)32-37(34,35)22-11-5-2-6-12-22/h1-18,25,32H,(H,31,33). The average molecular weight is 543 g/mol. The van der Waals surface area contributed by atoms with Crippen molar-refractivity contribution in [1.29, 1.82) is 0 Å². The van der Waals surface area contributed by atoms with Crippen molar-refractivity contribution in [1.82, 2.24) is 0 Å². The molecule has 4 rings (SSSR count). The molecular formula is C27H21F3N2O3S2. The van der Waals surface area contributed by atoms with Gasteiger partial charge in [-0.25, -0.2) is 8.42 Å². The van der Waals surface area contributed by atoms with Crippen LogP contribution in [0.3, 0.4) is 0 Å². The highest BCUT2D eigenvalue weighted by Crippen LogP contribution is 2.39. The van der Waals surface area contributed by atoms with Gasteiger partial charge in [0.1, 0.15) is 5.25 Å². The molecule has 4 aromatic carbocycles. The first-order chi connectivity index (χ1) is 17.6. The summed E-state index contributed by atoms with van der Waals surface area (Å²) < 4.78 is 67.9. The van der Waals surface area contributed by atoms with Gasteiger partial charge in [0.15, 0.2) is 0 Å². The number of carbonyl (C=O) groups excluding carboxylic acids is 1. The first-order valence-electron chi connectivity index (χ1n) is 11.0. The number of sulfonamides is 1. The highest BCUT2D eigenvalue weighted by molar-refractivity contribution is 8.00.